The third-order valence-electron chi connectivity index (χ3n) is 2.05. The highest BCUT2D eigenvalue weighted by molar-refractivity contribution is 5.85. The Morgan fingerprint density at radius 1 is 1.55 bits per heavy atom. The molecule has 0 aliphatic carbocycles. The van der Waals surface area contributed by atoms with Gasteiger partial charge in [-0.3, -0.25) is 5.10 Å². The van der Waals surface area contributed by atoms with Crippen LogP contribution in [0.2, 0.25) is 0 Å². The Labute approximate surface area is 72.0 Å². The molecule has 1 aromatic rings. The highest BCUT2D eigenvalue weighted by Crippen LogP contribution is 2.19. The maximum absolute atomic E-state index is 3.91. The van der Waals surface area contributed by atoms with E-state index >= 15 is 0 Å². The lowest BCUT2D eigenvalue weighted by molar-refractivity contribution is 0.764. The van der Waals surface area contributed by atoms with Gasteiger partial charge in [-0.05, 0) is 18.5 Å². The molecule has 1 aromatic heterocycles. The summed E-state index contributed by atoms with van der Waals surface area (Å²) in [5, 5.41) is 10.1. The fourth-order valence-electron chi connectivity index (χ4n) is 1.42. The molecule has 0 unspecified atom stereocenters. The maximum atomic E-state index is 3.91. The molecule has 3 nitrogen and oxygen atoms in total. The highest BCUT2D eigenvalue weighted by Gasteiger charge is 2.16. The summed E-state index contributed by atoms with van der Waals surface area (Å²) in [7, 11) is 0. The summed E-state index contributed by atoms with van der Waals surface area (Å²) in [5.41, 5.74) is 1.34. The SMILES string of the molecule is Cl.c1n[nH]cc1[C@@H]1CCNC1. The minimum absolute atomic E-state index is 0. The van der Waals surface area contributed by atoms with Crippen molar-refractivity contribution < 1.29 is 0 Å². The largest absolute Gasteiger partial charge is 0.316 e. The van der Waals surface area contributed by atoms with Gasteiger partial charge in [-0.15, -0.1) is 12.4 Å². The summed E-state index contributed by atoms with van der Waals surface area (Å²) >= 11 is 0. The quantitative estimate of drug-likeness (QED) is 0.663. The molecule has 0 saturated carbocycles. The van der Waals surface area contributed by atoms with Gasteiger partial charge in [0.15, 0.2) is 0 Å². The first kappa shape index (κ1) is 8.56. The summed E-state index contributed by atoms with van der Waals surface area (Å²) in [6, 6.07) is 0. The summed E-state index contributed by atoms with van der Waals surface area (Å²) in [6.07, 6.45) is 5.15. The van der Waals surface area contributed by atoms with Crippen LogP contribution in [0.15, 0.2) is 12.4 Å². The van der Waals surface area contributed by atoms with Gasteiger partial charge in [-0.2, -0.15) is 5.10 Å². The van der Waals surface area contributed by atoms with E-state index in [0.717, 1.165) is 13.1 Å². The molecule has 0 amide bonds. The summed E-state index contributed by atoms with van der Waals surface area (Å²) in [4.78, 5) is 0. The number of halogens is 1. The molecule has 1 aliphatic rings. The van der Waals surface area contributed by atoms with Crippen LogP contribution in [0.5, 0.6) is 0 Å². The number of aromatic amines is 1. The van der Waals surface area contributed by atoms with Crippen molar-refractivity contribution >= 4 is 12.4 Å². The second-order valence-corrected chi connectivity index (χ2v) is 2.72. The van der Waals surface area contributed by atoms with Gasteiger partial charge < -0.3 is 5.32 Å². The molecular formula is C7H12ClN3. The average molecular weight is 174 g/mol. The predicted molar refractivity (Wildman–Crippen MR) is 46.1 cm³/mol. The zero-order valence-corrected chi connectivity index (χ0v) is 7.03. The molecule has 1 aliphatic heterocycles. The van der Waals surface area contributed by atoms with E-state index in [0.29, 0.717) is 5.92 Å². The summed E-state index contributed by atoms with van der Waals surface area (Å²) < 4.78 is 0. The van der Waals surface area contributed by atoms with Gasteiger partial charge in [-0.25, -0.2) is 0 Å². The van der Waals surface area contributed by atoms with E-state index in [1.165, 1.54) is 12.0 Å². The zero-order chi connectivity index (χ0) is 6.81. The van der Waals surface area contributed by atoms with Crippen LogP contribution in [-0.2, 0) is 0 Å². The van der Waals surface area contributed by atoms with Crippen LogP contribution >= 0.6 is 12.4 Å². The monoisotopic (exact) mass is 173 g/mol. The van der Waals surface area contributed by atoms with Crippen molar-refractivity contribution in [1.29, 1.82) is 0 Å². The number of hydrogen-bond donors (Lipinski definition) is 2. The van der Waals surface area contributed by atoms with Crippen molar-refractivity contribution in [2.45, 2.75) is 12.3 Å². The van der Waals surface area contributed by atoms with Gasteiger partial charge in [0.05, 0.1) is 6.20 Å². The van der Waals surface area contributed by atoms with Crippen molar-refractivity contribution in [1.82, 2.24) is 15.5 Å². The van der Waals surface area contributed by atoms with Crippen LogP contribution in [0, 0.1) is 0 Å². The molecule has 4 heteroatoms. The second-order valence-electron chi connectivity index (χ2n) is 2.72. The van der Waals surface area contributed by atoms with Crippen LogP contribution in [0.1, 0.15) is 17.9 Å². The fourth-order valence-corrected chi connectivity index (χ4v) is 1.42. The average Bonchev–Trinajstić information content (AvgIpc) is 2.59. The van der Waals surface area contributed by atoms with Crippen LogP contribution in [0.3, 0.4) is 0 Å². The predicted octanol–water partition coefficient (Wildman–Crippen LogP) is 0.908. The van der Waals surface area contributed by atoms with E-state index in [9.17, 15) is 0 Å². The topological polar surface area (TPSA) is 40.7 Å². The molecule has 11 heavy (non-hydrogen) atoms. The van der Waals surface area contributed by atoms with Gasteiger partial charge in [0.1, 0.15) is 0 Å². The molecule has 1 saturated heterocycles. The number of nitrogens with zero attached hydrogens (tertiary/aromatic N) is 1. The minimum atomic E-state index is 0. The van der Waals surface area contributed by atoms with Crippen molar-refractivity contribution in [3.8, 4) is 0 Å². The van der Waals surface area contributed by atoms with Crippen molar-refractivity contribution in [2.75, 3.05) is 13.1 Å². The van der Waals surface area contributed by atoms with E-state index in [1.807, 2.05) is 12.4 Å². The lowest BCUT2D eigenvalue weighted by Crippen LogP contribution is -2.07. The molecular weight excluding hydrogens is 162 g/mol. The second kappa shape index (κ2) is 3.74. The Kier molecular flexibility index (Phi) is 2.91. The normalized spacial score (nSPS) is 23.1. The Balaban J connectivity index is 0.000000605. The molecule has 62 valence electrons. The highest BCUT2D eigenvalue weighted by atomic mass is 35.5. The summed E-state index contributed by atoms with van der Waals surface area (Å²) in [5.74, 6) is 0.693. The van der Waals surface area contributed by atoms with Crippen LogP contribution < -0.4 is 5.32 Å². The number of nitrogens with one attached hydrogen (secondary N) is 2. The van der Waals surface area contributed by atoms with E-state index in [4.69, 9.17) is 0 Å². The zero-order valence-electron chi connectivity index (χ0n) is 6.21. The molecule has 0 aromatic carbocycles. The Bertz CT molecular complexity index is 191. The van der Waals surface area contributed by atoms with E-state index in [-0.39, 0.29) is 12.4 Å². The third kappa shape index (κ3) is 1.73. The van der Waals surface area contributed by atoms with E-state index in [1.54, 1.807) is 0 Å². The first-order valence-electron chi connectivity index (χ1n) is 3.66. The molecule has 2 N–H and O–H groups in total. The Morgan fingerprint density at radius 3 is 3.00 bits per heavy atom. The van der Waals surface area contributed by atoms with Crippen molar-refractivity contribution in [3.63, 3.8) is 0 Å². The molecule has 1 fully saturated rings. The first-order chi connectivity index (χ1) is 4.97. The standard InChI is InChI=1S/C7H11N3.ClH/c1-2-8-3-6(1)7-4-9-10-5-7;/h4-6,8H,1-3H2,(H,9,10);1H/t6-;/m1./s1. The molecule has 0 spiro atoms. The third-order valence-corrected chi connectivity index (χ3v) is 2.05. The summed E-state index contributed by atoms with van der Waals surface area (Å²) in [6.45, 7) is 2.26. The van der Waals surface area contributed by atoms with Gasteiger partial charge in [0.2, 0.25) is 0 Å². The van der Waals surface area contributed by atoms with Crippen LogP contribution in [-0.4, -0.2) is 23.3 Å². The van der Waals surface area contributed by atoms with Crippen molar-refractivity contribution in [2.24, 2.45) is 0 Å². The lowest BCUT2D eigenvalue weighted by Gasteiger charge is -2.01. The minimum Gasteiger partial charge on any atom is -0.316 e. The van der Waals surface area contributed by atoms with Gasteiger partial charge in [0.25, 0.3) is 0 Å². The number of H-pyrrole nitrogens is 1. The number of rotatable bonds is 1. The van der Waals surface area contributed by atoms with E-state index < -0.39 is 0 Å². The van der Waals surface area contributed by atoms with Gasteiger partial charge in [0, 0.05) is 18.7 Å². The first-order valence-corrected chi connectivity index (χ1v) is 3.66. The van der Waals surface area contributed by atoms with Gasteiger partial charge >= 0.3 is 0 Å². The van der Waals surface area contributed by atoms with Crippen molar-refractivity contribution in [3.05, 3.63) is 18.0 Å². The van der Waals surface area contributed by atoms with E-state index in [2.05, 4.69) is 15.5 Å². The lowest BCUT2D eigenvalue weighted by atomic mass is 10.0. The smallest absolute Gasteiger partial charge is 0.0522 e. The Morgan fingerprint density at radius 2 is 2.45 bits per heavy atom. The number of aromatic nitrogens is 2. The molecule has 2 rings (SSSR count). The number of hydrogen-bond acceptors (Lipinski definition) is 2. The maximum Gasteiger partial charge on any atom is 0.0522 e. The molecule has 2 heterocycles. The van der Waals surface area contributed by atoms with Gasteiger partial charge in [-0.1, -0.05) is 0 Å². The van der Waals surface area contributed by atoms with Crippen LogP contribution in [0.4, 0.5) is 0 Å². The fraction of sp³-hybridized carbons (Fsp3) is 0.571. The molecule has 0 radical (unpaired) electrons. The van der Waals surface area contributed by atoms with Crippen LogP contribution in [0.25, 0.3) is 0 Å². The molecule has 1 atom stereocenters. The Hall–Kier alpha value is -0.540. The molecule has 0 bridgehead atoms.